The molecule has 7 nitrogen and oxygen atoms in total. The molecule has 1 aromatic carbocycles. The van der Waals surface area contributed by atoms with Gasteiger partial charge in [0.2, 0.25) is 0 Å². The van der Waals surface area contributed by atoms with E-state index in [0.29, 0.717) is 19.6 Å². The Balaban J connectivity index is 1.52. The molecule has 0 atom stereocenters. The molecule has 1 saturated carbocycles. The lowest BCUT2D eigenvalue weighted by Crippen LogP contribution is -2.62. The largest absolute Gasteiger partial charge is 0.444 e. The Bertz CT molecular complexity index is 935. The minimum atomic E-state index is -0.495. The predicted octanol–water partition coefficient (Wildman–Crippen LogP) is 3.53. The Kier molecular flexibility index (Phi) is 5.49. The monoisotopic (exact) mass is 412 g/mol. The second kappa shape index (κ2) is 7.95. The number of amides is 1. The number of para-hydroxylation sites is 1. The summed E-state index contributed by atoms with van der Waals surface area (Å²) in [5.41, 5.74) is 1.07. The van der Waals surface area contributed by atoms with Gasteiger partial charge < -0.3 is 9.64 Å². The van der Waals surface area contributed by atoms with E-state index in [1.807, 2.05) is 62.2 Å². The molecular formula is C23H32N4O3. The third kappa shape index (κ3) is 4.31. The van der Waals surface area contributed by atoms with E-state index >= 15 is 0 Å². The molecule has 30 heavy (non-hydrogen) atoms. The Hall–Kier alpha value is -2.54. The zero-order valence-electron chi connectivity index (χ0n) is 18.2. The van der Waals surface area contributed by atoms with Crippen LogP contribution in [0.5, 0.6) is 0 Å². The number of hydrogen-bond donors (Lipinski definition) is 1. The summed E-state index contributed by atoms with van der Waals surface area (Å²) < 4.78 is 7.40. The van der Waals surface area contributed by atoms with Crippen LogP contribution >= 0.6 is 0 Å². The van der Waals surface area contributed by atoms with Crippen LogP contribution in [0.25, 0.3) is 5.69 Å². The normalized spacial score (nSPS) is 19.4. The van der Waals surface area contributed by atoms with E-state index in [2.05, 4.69) is 10.00 Å². The van der Waals surface area contributed by atoms with Crippen molar-refractivity contribution in [3.63, 3.8) is 0 Å². The third-order valence-electron chi connectivity index (χ3n) is 6.18. The molecule has 0 unspecified atom stereocenters. The first-order valence-corrected chi connectivity index (χ1v) is 10.8. The molecule has 2 aliphatic rings. The number of hydrogen-bond acceptors (Lipinski definition) is 4. The van der Waals surface area contributed by atoms with Gasteiger partial charge in [0.15, 0.2) is 0 Å². The third-order valence-corrected chi connectivity index (χ3v) is 6.18. The van der Waals surface area contributed by atoms with Gasteiger partial charge >= 0.3 is 6.09 Å². The number of nitrogens with zero attached hydrogens (tertiary/aromatic N) is 3. The van der Waals surface area contributed by atoms with Crippen molar-refractivity contribution in [2.24, 2.45) is 0 Å². The van der Waals surface area contributed by atoms with Crippen LogP contribution in [0.15, 0.2) is 41.3 Å². The number of nitrogens with one attached hydrogen (secondary N) is 1. The number of H-pyrrole nitrogens is 1. The van der Waals surface area contributed by atoms with Gasteiger partial charge in [-0.1, -0.05) is 31.0 Å². The maximum absolute atomic E-state index is 12.7. The Morgan fingerprint density at radius 2 is 1.83 bits per heavy atom. The average molecular weight is 413 g/mol. The second-order valence-electron chi connectivity index (χ2n) is 9.56. The molecule has 1 aliphatic carbocycles. The fourth-order valence-electron chi connectivity index (χ4n) is 4.72. The molecule has 2 fully saturated rings. The summed E-state index contributed by atoms with van der Waals surface area (Å²) in [6, 6.07) is 9.81. The topological polar surface area (TPSA) is 70.6 Å². The first-order valence-electron chi connectivity index (χ1n) is 10.8. The summed E-state index contributed by atoms with van der Waals surface area (Å²) >= 11 is 0. The molecule has 2 aromatic rings. The van der Waals surface area contributed by atoms with Crippen LogP contribution < -0.4 is 5.56 Å². The van der Waals surface area contributed by atoms with Gasteiger partial charge in [0.05, 0.1) is 11.3 Å². The molecule has 1 N–H and O–H groups in total. The van der Waals surface area contributed by atoms with Crippen LogP contribution in [0, 0.1) is 0 Å². The molecule has 1 spiro atoms. The molecule has 1 amide bonds. The van der Waals surface area contributed by atoms with E-state index in [9.17, 15) is 9.59 Å². The highest BCUT2D eigenvalue weighted by Gasteiger charge is 2.45. The minimum absolute atomic E-state index is 0.0541. The zero-order chi connectivity index (χ0) is 21.4. The maximum Gasteiger partial charge on any atom is 0.410 e. The number of carbonyl (C=O) groups excluding carboxylic acids is 1. The fraction of sp³-hybridized carbons (Fsp3) is 0.565. The SMILES string of the molecule is CC(C)(C)OC(=O)N1CCN(Cc2cn(-c3ccccc3)[nH]c2=O)C2(CCCC2)C1. The standard InChI is InChI=1S/C23H32N4O3/c1-22(2,3)30-21(29)25-13-14-26(23(17-25)11-7-8-12-23)15-18-16-27(24-20(18)28)19-9-5-4-6-10-19/h4-6,9-10,16H,7-8,11-15,17H2,1-3H3,(H,24,28). The molecule has 0 bridgehead atoms. The summed E-state index contributed by atoms with van der Waals surface area (Å²) in [5.74, 6) is 0. The number of rotatable bonds is 3. The quantitative estimate of drug-likeness (QED) is 0.837. The predicted molar refractivity (Wildman–Crippen MR) is 116 cm³/mol. The average Bonchev–Trinajstić information content (AvgIpc) is 3.30. The number of carbonyl (C=O) groups is 1. The van der Waals surface area contributed by atoms with E-state index in [4.69, 9.17) is 4.74 Å². The van der Waals surface area contributed by atoms with Crippen molar-refractivity contribution in [3.8, 4) is 5.69 Å². The molecule has 4 rings (SSSR count). The van der Waals surface area contributed by atoms with E-state index in [1.54, 1.807) is 4.68 Å². The lowest BCUT2D eigenvalue weighted by molar-refractivity contribution is -0.0278. The van der Waals surface area contributed by atoms with Gasteiger partial charge in [0.25, 0.3) is 5.56 Å². The summed E-state index contributed by atoms with van der Waals surface area (Å²) in [5, 5.41) is 2.93. The van der Waals surface area contributed by atoms with Crippen molar-refractivity contribution in [3.05, 3.63) is 52.4 Å². The van der Waals surface area contributed by atoms with Gasteiger partial charge in [-0.2, -0.15) is 0 Å². The first kappa shape index (κ1) is 20.7. The van der Waals surface area contributed by atoms with E-state index in [1.165, 1.54) is 0 Å². The summed E-state index contributed by atoms with van der Waals surface area (Å²) in [6.07, 6.45) is 6.06. The number of ether oxygens (including phenoxy) is 1. The van der Waals surface area contributed by atoms with E-state index in [-0.39, 0.29) is 17.2 Å². The number of aromatic nitrogens is 2. The van der Waals surface area contributed by atoms with Gasteiger partial charge in [0, 0.05) is 37.9 Å². The Labute approximate surface area is 177 Å². The maximum atomic E-state index is 12.7. The highest BCUT2D eigenvalue weighted by Crippen LogP contribution is 2.39. The van der Waals surface area contributed by atoms with Crippen LogP contribution in [0.1, 0.15) is 52.0 Å². The van der Waals surface area contributed by atoms with Crippen molar-refractivity contribution in [1.82, 2.24) is 19.6 Å². The summed E-state index contributed by atoms with van der Waals surface area (Å²) in [4.78, 5) is 29.6. The summed E-state index contributed by atoms with van der Waals surface area (Å²) in [7, 11) is 0. The molecule has 162 valence electrons. The molecule has 7 heteroatoms. The zero-order valence-corrected chi connectivity index (χ0v) is 18.2. The molecule has 1 aliphatic heterocycles. The van der Waals surface area contributed by atoms with Gasteiger partial charge in [0.1, 0.15) is 5.60 Å². The van der Waals surface area contributed by atoms with Crippen molar-refractivity contribution < 1.29 is 9.53 Å². The lowest BCUT2D eigenvalue weighted by Gasteiger charge is -2.49. The van der Waals surface area contributed by atoms with E-state index < -0.39 is 5.60 Å². The van der Waals surface area contributed by atoms with Crippen LogP contribution in [0.4, 0.5) is 4.79 Å². The van der Waals surface area contributed by atoms with Crippen molar-refractivity contribution in [2.45, 2.75) is 64.1 Å². The first-order chi connectivity index (χ1) is 14.3. The van der Waals surface area contributed by atoms with Crippen LogP contribution in [-0.4, -0.2) is 56.4 Å². The van der Waals surface area contributed by atoms with Crippen molar-refractivity contribution >= 4 is 6.09 Å². The smallest absolute Gasteiger partial charge is 0.410 e. The molecule has 0 radical (unpaired) electrons. The Morgan fingerprint density at radius 3 is 2.50 bits per heavy atom. The van der Waals surface area contributed by atoms with Crippen LogP contribution in [0.3, 0.4) is 0 Å². The number of aromatic amines is 1. The lowest BCUT2D eigenvalue weighted by atomic mass is 9.91. The molecular weight excluding hydrogens is 380 g/mol. The van der Waals surface area contributed by atoms with Gasteiger partial charge in [-0.05, 0) is 45.7 Å². The molecule has 2 heterocycles. The van der Waals surface area contributed by atoms with E-state index in [0.717, 1.165) is 43.5 Å². The van der Waals surface area contributed by atoms with Gasteiger partial charge in [-0.15, -0.1) is 0 Å². The fourth-order valence-corrected chi connectivity index (χ4v) is 4.72. The van der Waals surface area contributed by atoms with Crippen LogP contribution in [0.2, 0.25) is 0 Å². The summed E-state index contributed by atoms with van der Waals surface area (Å²) in [6.45, 7) is 8.32. The van der Waals surface area contributed by atoms with Crippen LogP contribution in [-0.2, 0) is 11.3 Å². The number of piperazine rings is 1. The number of benzene rings is 1. The second-order valence-corrected chi connectivity index (χ2v) is 9.56. The molecule has 1 aromatic heterocycles. The van der Waals surface area contributed by atoms with Gasteiger partial charge in [-0.3, -0.25) is 19.5 Å². The van der Waals surface area contributed by atoms with Gasteiger partial charge in [-0.25, -0.2) is 4.79 Å². The van der Waals surface area contributed by atoms with Crippen molar-refractivity contribution in [2.75, 3.05) is 19.6 Å². The highest BCUT2D eigenvalue weighted by molar-refractivity contribution is 5.68. The molecule has 1 saturated heterocycles. The van der Waals surface area contributed by atoms with Crippen molar-refractivity contribution in [1.29, 1.82) is 0 Å². The Morgan fingerprint density at radius 1 is 1.13 bits per heavy atom. The minimum Gasteiger partial charge on any atom is -0.444 e. The highest BCUT2D eigenvalue weighted by atomic mass is 16.6.